The Labute approximate surface area is 386 Å². The Morgan fingerprint density at radius 3 is 0.625 bits per heavy atom. The standard InChI is InChI=1S/4C10H14ClF2NO2/c4*1-16-7(15)9(2-3-11)4-8(6-14-9)5-10(8,12)13/h4*14H,2-6H2,1H3/t4*8-,9?/m1100/s1. The molecule has 4 aliphatic carbocycles. The van der Waals surface area contributed by atoms with Gasteiger partial charge >= 0.3 is 23.9 Å². The molecule has 0 amide bonds. The van der Waals surface area contributed by atoms with E-state index in [4.69, 9.17) is 46.4 Å². The molecule has 8 atom stereocenters. The predicted octanol–water partition coefficient (Wildman–Crippen LogP) is 6.18. The van der Waals surface area contributed by atoms with Crippen LogP contribution in [-0.4, -0.2) is 148 Å². The normalized spacial score (nSPS) is 40.0. The summed E-state index contributed by atoms with van der Waals surface area (Å²) in [6.45, 7) is 0.635. The smallest absolute Gasteiger partial charge is 0.326 e. The van der Waals surface area contributed by atoms with E-state index in [2.05, 4.69) is 40.2 Å². The van der Waals surface area contributed by atoms with Gasteiger partial charge in [-0.3, -0.25) is 19.2 Å². The molecule has 12 nitrogen and oxygen atoms in total. The summed E-state index contributed by atoms with van der Waals surface area (Å²) in [5.74, 6) is -11.6. The van der Waals surface area contributed by atoms with Crippen LogP contribution in [0.1, 0.15) is 77.0 Å². The number of halogens is 12. The number of nitrogens with one attached hydrogen (secondary N) is 4. The molecule has 0 aromatic heterocycles. The Balaban J connectivity index is 0.000000161. The zero-order valence-electron chi connectivity index (χ0n) is 35.9. The van der Waals surface area contributed by atoms with Gasteiger partial charge < -0.3 is 40.2 Å². The van der Waals surface area contributed by atoms with Gasteiger partial charge in [0.2, 0.25) is 0 Å². The molecule has 8 fully saturated rings. The maximum Gasteiger partial charge on any atom is 0.326 e. The van der Waals surface area contributed by atoms with Crippen LogP contribution in [-0.2, 0) is 38.1 Å². The Bertz CT molecular complexity index is 1550. The van der Waals surface area contributed by atoms with Gasteiger partial charge in [-0.25, -0.2) is 35.1 Å². The third kappa shape index (κ3) is 9.39. The first-order valence-electron chi connectivity index (χ1n) is 20.7. The maximum absolute atomic E-state index is 13.2. The molecular weight excluding hydrogens is 958 g/mol. The lowest BCUT2D eigenvalue weighted by Crippen LogP contribution is -2.48. The second-order valence-electron chi connectivity index (χ2n) is 18.8. The van der Waals surface area contributed by atoms with E-state index in [0.29, 0.717) is 25.7 Å². The number of methoxy groups -OCH3 is 4. The molecule has 4 saturated carbocycles. The number of ether oxygens (including phenoxy) is 4. The minimum atomic E-state index is -2.65. The Morgan fingerprint density at radius 1 is 0.375 bits per heavy atom. The van der Waals surface area contributed by atoms with Crippen LogP contribution in [0.2, 0.25) is 0 Å². The van der Waals surface area contributed by atoms with E-state index >= 15 is 0 Å². The molecule has 4 aliphatic heterocycles. The number of hydrogen-bond acceptors (Lipinski definition) is 12. The molecule has 0 aromatic carbocycles. The number of alkyl halides is 12. The van der Waals surface area contributed by atoms with Crippen LogP contribution in [0.5, 0.6) is 0 Å². The highest BCUT2D eigenvalue weighted by atomic mass is 35.5. The molecule has 0 aromatic rings. The first kappa shape index (κ1) is 53.3. The number of hydrogen-bond donors (Lipinski definition) is 4. The summed E-state index contributed by atoms with van der Waals surface area (Å²) in [7, 11) is 5.04. The summed E-state index contributed by atoms with van der Waals surface area (Å²) in [5.41, 5.74) is -8.26. The number of rotatable bonds is 12. The highest BCUT2D eigenvalue weighted by molar-refractivity contribution is 6.18. The van der Waals surface area contributed by atoms with Gasteiger partial charge in [0.05, 0.1) is 50.1 Å². The maximum atomic E-state index is 13.2. The highest BCUT2D eigenvalue weighted by Crippen LogP contribution is 2.69. The van der Waals surface area contributed by atoms with Crippen molar-refractivity contribution in [1.29, 1.82) is 0 Å². The average molecular weight is 1010 g/mol. The summed E-state index contributed by atoms with van der Waals surface area (Å²) in [6.07, 6.45) is 1.16. The van der Waals surface area contributed by atoms with Crippen molar-refractivity contribution in [2.45, 2.75) is 123 Å². The molecule has 4 unspecified atom stereocenters. The van der Waals surface area contributed by atoms with Crippen LogP contribution in [0.15, 0.2) is 0 Å². The van der Waals surface area contributed by atoms with Crippen molar-refractivity contribution < 1.29 is 73.2 Å². The average Bonchev–Trinajstić information content (AvgIpc) is 3.93. The van der Waals surface area contributed by atoms with Crippen molar-refractivity contribution in [3.63, 3.8) is 0 Å². The topological polar surface area (TPSA) is 153 Å². The van der Waals surface area contributed by atoms with Gasteiger partial charge in [0.15, 0.2) is 0 Å². The van der Waals surface area contributed by atoms with Crippen LogP contribution in [0, 0.1) is 21.7 Å². The van der Waals surface area contributed by atoms with Gasteiger partial charge in [0.25, 0.3) is 23.7 Å². The molecule has 24 heteroatoms. The van der Waals surface area contributed by atoms with Crippen LogP contribution >= 0.6 is 46.4 Å². The Kier molecular flexibility index (Phi) is 15.3. The Hall–Kier alpha value is -1.68. The molecule has 0 bridgehead atoms. The van der Waals surface area contributed by atoms with E-state index in [-0.39, 0.29) is 101 Å². The van der Waals surface area contributed by atoms with E-state index in [1.807, 2.05) is 0 Å². The monoisotopic (exact) mass is 1010 g/mol. The third-order valence-electron chi connectivity index (χ3n) is 14.9. The molecular formula is C40H56Cl4F8N4O8. The molecule has 4 heterocycles. The Morgan fingerprint density at radius 2 is 0.531 bits per heavy atom. The number of carbonyl (C=O) groups is 4. The minimum Gasteiger partial charge on any atom is -0.468 e. The summed E-state index contributed by atoms with van der Waals surface area (Å²) in [6, 6.07) is 0. The SMILES string of the molecule is COC(=O)C1(CCCl)C[C@@]2(CN1)CC2(F)F.COC(=O)C1(CCCl)C[C@@]2(CN1)CC2(F)F.COC(=O)C1(CCCl)C[C@]2(CN1)CC2(F)F.COC(=O)C1(CCCl)C[C@]2(CN1)CC2(F)F. The minimum absolute atomic E-state index is 0.117. The lowest BCUT2D eigenvalue weighted by Gasteiger charge is -2.25. The van der Waals surface area contributed by atoms with Crippen molar-refractivity contribution in [2.75, 3.05) is 78.1 Å². The zero-order valence-corrected chi connectivity index (χ0v) is 39.0. The summed E-state index contributed by atoms with van der Waals surface area (Å²) >= 11 is 22.5. The second kappa shape index (κ2) is 18.3. The van der Waals surface area contributed by atoms with Crippen LogP contribution in [0.3, 0.4) is 0 Å². The van der Waals surface area contributed by atoms with Crippen molar-refractivity contribution in [1.82, 2.24) is 21.3 Å². The van der Waals surface area contributed by atoms with E-state index in [9.17, 15) is 54.3 Å². The largest absolute Gasteiger partial charge is 0.468 e. The van der Waals surface area contributed by atoms with Crippen LogP contribution < -0.4 is 21.3 Å². The summed E-state index contributed by atoms with van der Waals surface area (Å²) in [4.78, 5) is 46.7. The van der Waals surface area contributed by atoms with E-state index in [1.165, 1.54) is 28.4 Å². The van der Waals surface area contributed by atoms with E-state index in [0.717, 1.165) is 0 Å². The van der Waals surface area contributed by atoms with Crippen LogP contribution in [0.4, 0.5) is 35.1 Å². The molecule has 4 saturated heterocycles. The van der Waals surface area contributed by atoms with Gasteiger partial charge in [0.1, 0.15) is 22.2 Å². The second-order valence-corrected chi connectivity index (χ2v) is 20.3. The predicted molar refractivity (Wildman–Crippen MR) is 219 cm³/mol. The van der Waals surface area contributed by atoms with Crippen molar-refractivity contribution in [3.8, 4) is 0 Å². The number of carbonyl (C=O) groups excluding carboxylic acids is 4. The lowest BCUT2D eigenvalue weighted by atomic mass is 9.88. The number of esters is 4. The van der Waals surface area contributed by atoms with Gasteiger partial charge in [-0.05, 0) is 51.4 Å². The summed E-state index contributed by atoms with van der Waals surface area (Å²) in [5, 5.41) is 11.6. The van der Waals surface area contributed by atoms with Gasteiger partial charge in [-0.2, -0.15) is 0 Å². The van der Waals surface area contributed by atoms with Crippen molar-refractivity contribution in [2.24, 2.45) is 21.7 Å². The fourth-order valence-corrected chi connectivity index (χ4v) is 11.6. The summed E-state index contributed by atoms with van der Waals surface area (Å²) < 4.78 is 124. The molecule has 4 spiro atoms. The van der Waals surface area contributed by atoms with Crippen LogP contribution in [0.25, 0.3) is 0 Å². The fraction of sp³-hybridized carbons (Fsp3) is 0.900. The van der Waals surface area contributed by atoms with E-state index < -0.39 is 91.4 Å². The molecule has 0 radical (unpaired) electrons. The van der Waals surface area contributed by atoms with Gasteiger partial charge in [-0.15, -0.1) is 46.4 Å². The molecule has 4 N–H and O–H groups in total. The quantitative estimate of drug-likeness (QED) is 0.0765. The lowest BCUT2D eigenvalue weighted by molar-refractivity contribution is -0.149. The first-order chi connectivity index (χ1) is 29.7. The first-order valence-corrected chi connectivity index (χ1v) is 22.9. The van der Waals surface area contributed by atoms with Crippen molar-refractivity contribution in [3.05, 3.63) is 0 Å². The van der Waals surface area contributed by atoms with Crippen molar-refractivity contribution >= 4 is 70.3 Å². The molecule has 368 valence electrons. The molecule has 8 aliphatic rings. The molecule has 64 heavy (non-hydrogen) atoms. The van der Waals surface area contributed by atoms with Gasteiger partial charge in [0, 0.05) is 75.4 Å². The molecule has 8 rings (SSSR count). The third-order valence-corrected chi connectivity index (χ3v) is 15.6. The fourth-order valence-electron chi connectivity index (χ4n) is 10.3. The highest BCUT2D eigenvalue weighted by Gasteiger charge is 2.79. The van der Waals surface area contributed by atoms with Gasteiger partial charge in [-0.1, -0.05) is 0 Å². The van der Waals surface area contributed by atoms with E-state index in [1.54, 1.807) is 0 Å². The zero-order chi connectivity index (χ0) is 48.1.